The number of hydrogen-bond donors (Lipinski definition) is 2. The van der Waals surface area contributed by atoms with Gasteiger partial charge >= 0.3 is 0 Å². The van der Waals surface area contributed by atoms with Crippen LogP contribution in [-0.4, -0.2) is 38.9 Å². The Morgan fingerprint density at radius 3 is 2.37 bits per heavy atom. The maximum Gasteiger partial charge on any atom is 0.268 e. The van der Waals surface area contributed by atoms with Crippen molar-refractivity contribution in [1.82, 2.24) is 9.73 Å². The number of carbonyl (C=O) groups is 2. The summed E-state index contributed by atoms with van der Waals surface area (Å²) in [5.41, 5.74) is 0.197. The molecule has 3 N–H and O–H groups in total. The third-order valence-electron chi connectivity index (χ3n) is 3.65. The summed E-state index contributed by atoms with van der Waals surface area (Å²) in [7, 11) is -2.82. The van der Waals surface area contributed by atoms with Crippen molar-refractivity contribution >= 4 is 33.4 Å². The summed E-state index contributed by atoms with van der Waals surface area (Å²) in [5.74, 6) is 4.36. The number of nitrogens with one attached hydrogen (secondary N) is 1. The maximum absolute atomic E-state index is 12.4. The highest BCUT2D eigenvalue weighted by Crippen LogP contribution is 2.23. The second-order valence-corrected chi connectivity index (χ2v) is 7.51. The fraction of sp³-hybridized carbons (Fsp3) is 0.176. The molecule has 0 saturated heterocycles. The first-order valence-electron chi connectivity index (χ1n) is 7.77. The van der Waals surface area contributed by atoms with Crippen LogP contribution in [0.4, 0.5) is 0 Å². The predicted molar refractivity (Wildman–Crippen MR) is 100.0 cm³/mol. The number of methoxy groups -OCH3 is 1. The highest BCUT2D eigenvalue weighted by atomic mass is 35.5. The molecule has 0 radical (unpaired) electrons. The molecule has 0 aromatic heterocycles. The number of hydrazine groups is 1. The van der Waals surface area contributed by atoms with Gasteiger partial charge in [0.05, 0.1) is 17.6 Å². The molecule has 0 heterocycles. The zero-order valence-corrected chi connectivity index (χ0v) is 16.2. The summed E-state index contributed by atoms with van der Waals surface area (Å²) in [6.07, 6.45) is 0. The van der Waals surface area contributed by atoms with E-state index in [2.05, 4.69) is 0 Å². The molecule has 27 heavy (non-hydrogen) atoms. The van der Waals surface area contributed by atoms with Crippen LogP contribution in [0.1, 0.15) is 27.6 Å². The van der Waals surface area contributed by atoms with Gasteiger partial charge in [-0.1, -0.05) is 11.6 Å². The Bertz CT molecular complexity index is 961. The number of benzene rings is 2. The Kier molecular flexibility index (Phi) is 6.42. The molecule has 0 atom stereocenters. The molecule has 2 aromatic rings. The smallest absolute Gasteiger partial charge is 0.268 e. The van der Waals surface area contributed by atoms with Gasteiger partial charge in [-0.25, -0.2) is 19.0 Å². The van der Waals surface area contributed by atoms with Crippen LogP contribution in [0.2, 0.25) is 5.02 Å². The Hall–Kier alpha value is -2.62. The SMILES string of the molecule is CCN(N)C(=O)c1ccc(S(=O)(=O)NC(=O)c2cc(Cl)ccc2OC)cc1. The molecule has 144 valence electrons. The van der Waals surface area contributed by atoms with Gasteiger partial charge in [0.25, 0.3) is 21.8 Å². The Balaban J connectivity index is 2.25. The number of sulfonamides is 1. The van der Waals surface area contributed by atoms with Gasteiger partial charge in [-0.05, 0) is 49.4 Å². The summed E-state index contributed by atoms with van der Waals surface area (Å²) < 4.78 is 31.9. The Morgan fingerprint density at radius 2 is 1.81 bits per heavy atom. The molecule has 2 aromatic carbocycles. The van der Waals surface area contributed by atoms with Crippen LogP contribution in [0.5, 0.6) is 5.75 Å². The van der Waals surface area contributed by atoms with Crippen LogP contribution in [0, 0.1) is 0 Å². The van der Waals surface area contributed by atoms with Gasteiger partial charge in [-0.3, -0.25) is 14.6 Å². The quantitative estimate of drug-likeness (QED) is 0.425. The van der Waals surface area contributed by atoms with E-state index < -0.39 is 21.8 Å². The number of rotatable bonds is 6. The first-order valence-corrected chi connectivity index (χ1v) is 9.63. The molecule has 0 unspecified atom stereocenters. The first-order chi connectivity index (χ1) is 12.7. The minimum Gasteiger partial charge on any atom is -0.496 e. The van der Waals surface area contributed by atoms with Crippen LogP contribution >= 0.6 is 11.6 Å². The lowest BCUT2D eigenvalue weighted by Gasteiger charge is -2.14. The topological polar surface area (TPSA) is 119 Å². The van der Waals surface area contributed by atoms with Gasteiger partial charge in [0.2, 0.25) is 0 Å². The number of hydrogen-bond acceptors (Lipinski definition) is 6. The van der Waals surface area contributed by atoms with Gasteiger partial charge in [-0.15, -0.1) is 0 Å². The standard InChI is InChI=1S/C17H18ClN3O5S/c1-3-21(19)17(23)11-4-7-13(8-5-11)27(24,25)20-16(22)14-10-12(18)6-9-15(14)26-2/h4-10H,3,19H2,1-2H3,(H,20,22). The first kappa shape index (κ1) is 20.7. The van der Waals surface area contributed by atoms with Crippen molar-refractivity contribution in [2.45, 2.75) is 11.8 Å². The lowest BCUT2D eigenvalue weighted by Crippen LogP contribution is -2.37. The van der Waals surface area contributed by atoms with Crippen LogP contribution < -0.4 is 15.3 Å². The molecule has 2 amide bonds. The third kappa shape index (κ3) is 4.76. The van der Waals surface area contributed by atoms with Gasteiger partial charge in [-0.2, -0.15) is 0 Å². The molecule has 0 spiro atoms. The lowest BCUT2D eigenvalue weighted by atomic mass is 10.2. The van der Waals surface area contributed by atoms with Crippen molar-refractivity contribution in [1.29, 1.82) is 0 Å². The summed E-state index contributed by atoms with van der Waals surface area (Å²) in [5, 5.41) is 1.25. The molecular formula is C17H18ClN3O5S. The second-order valence-electron chi connectivity index (χ2n) is 5.39. The summed E-state index contributed by atoms with van der Waals surface area (Å²) >= 11 is 5.86. The van der Waals surface area contributed by atoms with Gasteiger partial charge < -0.3 is 4.74 Å². The van der Waals surface area contributed by atoms with Crippen molar-refractivity contribution in [3.63, 3.8) is 0 Å². The van der Waals surface area contributed by atoms with Crippen molar-refractivity contribution in [3.8, 4) is 5.75 Å². The highest BCUT2D eigenvalue weighted by molar-refractivity contribution is 7.90. The van der Waals surface area contributed by atoms with E-state index in [0.29, 0.717) is 6.54 Å². The van der Waals surface area contributed by atoms with E-state index in [4.69, 9.17) is 22.2 Å². The average Bonchev–Trinajstić information content (AvgIpc) is 2.66. The minimum atomic E-state index is -4.17. The number of nitrogens with zero attached hydrogens (tertiary/aromatic N) is 1. The Labute approximate surface area is 161 Å². The van der Waals surface area contributed by atoms with Gasteiger partial charge in [0.15, 0.2) is 0 Å². The molecular weight excluding hydrogens is 394 g/mol. The van der Waals surface area contributed by atoms with Crippen molar-refractivity contribution in [2.24, 2.45) is 5.84 Å². The number of nitrogens with two attached hydrogens (primary N) is 1. The van der Waals surface area contributed by atoms with E-state index in [0.717, 1.165) is 5.01 Å². The van der Waals surface area contributed by atoms with Crippen molar-refractivity contribution in [2.75, 3.05) is 13.7 Å². The monoisotopic (exact) mass is 411 g/mol. The summed E-state index contributed by atoms with van der Waals surface area (Å²) in [4.78, 5) is 24.1. The molecule has 10 heteroatoms. The molecule has 0 saturated carbocycles. The number of carbonyl (C=O) groups excluding carboxylic acids is 2. The Morgan fingerprint density at radius 1 is 1.19 bits per heavy atom. The third-order valence-corrected chi connectivity index (χ3v) is 5.23. The second kappa shape index (κ2) is 8.38. The fourth-order valence-electron chi connectivity index (χ4n) is 2.18. The average molecular weight is 412 g/mol. The molecule has 0 aliphatic heterocycles. The fourth-order valence-corrected chi connectivity index (χ4v) is 3.32. The van der Waals surface area contributed by atoms with E-state index in [1.807, 2.05) is 4.72 Å². The zero-order valence-electron chi connectivity index (χ0n) is 14.6. The van der Waals surface area contributed by atoms with E-state index >= 15 is 0 Å². The van der Waals surface area contributed by atoms with Crippen LogP contribution in [0.3, 0.4) is 0 Å². The lowest BCUT2D eigenvalue weighted by molar-refractivity contribution is 0.0764. The highest BCUT2D eigenvalue weighted by Gasteiger charge is 2.22. The predicted octanol–water partition coefficient (Wildman–Crippen LogP) is 1.80. The van der Waals surface area contributed by atoms with E-state index in [9.17, 15) is 18.0 Å². The van der Waals surface area contributed by atoms with E-state index in [1.165, 1.54) is 49.6 Å². The molecule has 0 bridgehead atoms. The zero-order chi connectivity index (χ0) is 20.2. The molecule has 0 aliphatic rings. The number of amides is 2. The van der Waals surface area contributed by atoms with Crippen LogP contribution in [-0.2, 0) is 10.0 Å². The molecule has 8 nitrogen and oxygen atoms in total. The largest absolute Gasteiger partial charge is 0.496 e. The maximum atomic E-state index is 12.4. The van der Waals surface area contributed by atoms with Crippen molar-refractivity contribution in [3.05, 3.63) is 58.6 Å². The van der Waals surface area contributed by atoms with E-state index in [1.54, 1.807) is 6.92 Å². The number of halogens is 1. The summed E-state index contributed by atoms with van der Waals surface area (Å²) in [6, 6.07) is 9.32. The van der Waals surface area contributed by atoms with Crippen LogP contribution in [0.25, 0.3) is 0 Å². The normalized spacial score (nSPS) is 11.0. The van der Waals surface area contributed by atoms with Crippen LogP contribution in [0.15, 0.2) is 47.4 Å². The van der Waals surface area contributed by atoms with Gasteiger partial charge in [0.1, 0.15) is 5.75 Å². The van der Waals surface area contributed by atoms with Gasteiger partial charge in [0, 0.05) is 17.1 Å². The molecule has 0 fully saturated rings. The molecule has 0 aliphatic carbocycles. The van der Waals surface area contributed by atoms with E-state index in [-0.39, 0.29) is 26.8 Å². The molecule has 2 rings (SSSR count). The number of ether oxygens (including phenoxy) is 1. The summed E-state index contributed by atoms with van der Waals surface area (Å²) in [6.45, 7) is 2.01. The minimum absolute atomic E-state index is 0.0258. The van der Waals surface area contributed by atoms with Crippen molar-refractivity contribution < 1.29 is 22.7 Å².